The molecule has 0 aliphatic carbocycles. The first-order valence-corrected chi connectivity index (χ1v) is 28.9. The van der Waals surface area contributed by atoms with E-state index in [1.54, 1.807) is 0 Å². The maximum absolute atomic E-state index is 12.9. The molecule has 3 unspecified atom stereocenters. The van der Waals surface area contributed by atoms with Gasteiger partial charge in [0.15, 0.2) is 6.10 Å². The lowest BCUT2D eigenvalue weighted by Gasteiger charge is -2.21. The van der Waals surface area contributed by atoms with Crippen LogP contribution in [0.1, 0.15) is 201 Å². The summed E-state index contributed by atoms with van der Waals surface area (Å²) in [5.41, 5.74) is 0. The third-order valence-corrected chi connectivity index (χ3v) is 11.8. The fraction of sp³-hybridized carbons (Fsp3) is 0.617. The Hall–Kier alpha value is -4.12. The Balaban J connectivity index is 4.93. The van der Waals surface area contributed by atoms with E-state index >= 15 is 0 Å². The number of hydrogen-bond acceptors (Lipinski definition) is 10. The zero-order chi connectivity index (χ0) is 52.7. The molecule has 0 aromatic heterocycles. The van der Waals surface area contributed by atoms with Crippen molar-refractivity contribution >= 4 is 25.7 Å². The molecule has 0 fully saturated rings. The van der Waals surface area contributed by atoms with Gasteiger partial charge in [-0.1, -0.05) is 206 Å². The van der Waals surface area contributed by atoms with Crippen LogP contribution >= 0.6 is 7.82 Å². The lowest BCUT2D eigenvalue weighted by molar-refractivity contribution is -0.161. The van der Waals surface area contributed by atoms with Gasteiger partial charge in [0.05, 0.1) is 19.8 Å². The molecule has 0 rings (SSSR count). The minimum absolute atomic E-state index is 0.0277. The van der Waals surface area contributed by atoms with Gasteiger partial charge in [0.2, 0.25) is 0 Å². The van der Waals surface area contributed by atoms with Crippen molar-refractivity contribution < 1.29 is 52.2 Å². The molecule has 72 heavy (non-hydrogen) atoms. The third-order valence-electron chi connectivity index (χ3n) is 10.9. The van der Waals surface area contributed by atoms with Gasteiger partial charge in [-0.25, -0.2) is 4.57 Å². The monoisotopic (exact) mass is 1020 g/mol. The first-order chi connectivity index (χ1) is 35.2. The summed E-state index contributed by atoms with van der Waals surface area (Å²) < 4.78 is 39.3. The van der Waals surface area contributed by atoms with E-state index in [-0.39, 0.29) is 19.3 Å². The summed E-state index contributed by atoms with van der Waals surface area (Å²) in [7, 11) is -4.78. The predicted octanol–water partition coefficient (Wildman–Crippen LogP) is 16.0. The van der Waals surface area contributed by atoms with Gasteiger partial charge in [-0.3, -0.25) is 23.4 Å². The van der Waals surface area contributed by atoms with Crippen molar-refractivity contribution in [3.05, 3.63) is 122 Å². The van der Waals surface area contributed by atoms with Crippen LogP contribution in [0.4, 0.5) is 0 Å². The van der Waals surface area contributed by atoms with Gasteiger partial charge in [-0.2, -0.15) is 0 Å². The molecule has 0 aliphatic rings. The Morgan fingerprint density at radius 1 is 0.403 bits per heavy atom. The molecule has 0 saturated carbocycles. The van der Waals surface area contributed by atoms with Crippen molar-refractivity contribution in [1.29, 1.82) is 0 Å². The lowest BCUT2D eigenvalue weighted by Crippen LogP contribution is -2.30. The first kappa shape index (κ1) is 67.9. The largest absolute Gasteiger partial charge is 0.472 e. The number of aliphatic hydroxyl groups excluding tert-OH is 1. The highest BCUT2D eigenvalue weighted by molar-refractivity contribution is 7.47. The number of carbonyl (C=O) groups excluding carboxylic acids is 3. The molecule has 0 saturated heterocycles. The molecule has 0 aromatic rings. The number of phosphoric acid groups is 1. The van der Waals surface area contributed by atoms with E-state index in [9.17, 15) is 28.9 Å². The summed E-state index contributed by atoms with van der Waals surface area (Å²) in [4.78, 5) is 48.4. The van der Waals surface area contributed by atoms with Gasteiger partial charge in [0, 0.05) is 19.3 Å². The lowest BCUT2D eigenvalue weighted by atomic mass is 10.1. The van der Waals surface area contributed by atoms with Crippen LogP contribution in [0.5, 0.6) is 0 Å². The second-order valence-electron chi connectivity index (χ2n) is 17.6. The summed E-state index contributed by atoms with van der Waals surface area (Å²) in [6.45, 7) is 4.25. The fourth-order valence-electron chi connectivity index (χ4n) is 6.78. The zero-order valence-corrected chi connectivity index (χ0v) is 45.7. The molecule has 0 aromatic carbocycles. The van der Waals surface area contributed by atoms with Gasteiger partial charge >= 0.3 is 25.7 Å². The normalized spacial score (nSPS) is 14.3. The maximum Gasteiger partial charge on any atom is 0.472 e. The molecule has 3 atom stereocenters. The van der Waals surface area contributed by atoms with E-state index in [2.05, 4.69) is 130 Å². The second-order valence-corrected chi connectivity index (χ2v) is 19.1. The molecular formula is C60H97O11P. The van der Waals surface area contributed by atoms with Crippen molar-refractivity contribution in [2.24, 2.45) is 0 Å². The van der Waals surface area contributed by atoms with E-state index in [0.29, 0.717) is 25.7 Å². The molecule has 0 spiro atoms. The Labute approximate surface area is 437 Å². The highest BCUT2D eigenvalue weighted by Crippen LogP contribution is 2.43. The predicted molar refractivity (Wildman–Crippen MR) is 297 cm³/mol. The average Bonchev–Trinajstić information content (AvgIpc) is 3.37. The number of rotatable bonds is 49. The van der Waals surface area contributed by atoms with Crippen LogP contribution in [0.15, 0.2) is 122 Å². The van der Waals surface area contributed by atoms with Crippen LogP contribution in [0.2, 0.25) is 0 Å². The standard InChI is InChI=1S/C60H97O11P/c1-4-7-10-13-16-19-22-24-26-27-28-29-31-33-36-39-42-45-48-51-60(64)71-57(53-67-58(62)49-46-43-40-37-35-32-30-25-23-20-17-14-11-8-5-2)55-69-72(65,66)68-54-56(52-61)70-59(63)50-47-44-41-38-34-21-18-15-12-9-6-3/h7-8,10-11,16-17,19-20,24-26,28-30,33,35-37,42,45,56-57,61H,4-6,9,12-15,18,21-23,27,31-32,34,38-41,43-44,46-55H2,1-3H3,(H,65,66)/b10-7-,11-8-,19-16-,20-17-,26-24-,29-28-,30-25-,36-33-,37-35-,45-42-. The van der Waals surface area contributed by atoms with Crippen LogP contribution in [0.25, 0.3) is 0 Å². The highest BCUT2D eigenvalue weighted by Gasteiger charge is 2.28. The third kappa shape index (κ3) is 50.8. The van der Waals surface area contributed by atoms with E-state index in [1.165, 1.54) is 44.9 Å². The molecule has 0 amide bonds. The number of allylic oxidation sites excluding steroid dienone is 20. The van der Waals surface area contributed by atoms with Crippen molar-refractivity contribution in [2.75, 3.05) is 26.4 Å². The van der Waals surface area contributed by atoms with Crippen LogP contribution in [-0.2, 0) is 42.2 Å². The Bertz CT molecular complexity index is 1670. The summed E-state index contributed by atoms with van der Waals surface area (Å²) in [5, 5.41) is 9.78. The van der Waals surface area contributed by atoms with Crippen LogP contribution in [0.3, 0.4) is 0 Å². The number of unbranched alkanes of at least 4 members (excludes halogenated alkanes) is 12. The summed E-state index contributed by atoms with van der Waals surface area (Å²) >= 11 is 0. The van der Waals surface area contributed by atoms with E-state index in [1.807, 2.05) is 12.2 Å². The van der Waals surface area contributed by atoms with Crippen molar-refractivity contribution in [2.45, 2.75) is 213 Å². The first-order valence-electron chi connectivity index (χ1n) is 27.4. The van der Waals surface area contributed by atoms with Gasteiger partial charge in [0.1, 0.15) is 12.7 Å². The summed E-state index contributed by atoms with van der Waals surface area (Å²) in [6.07, 6.45) is 64.7. The molecule has 408 valence electrons. The number of phosphoric ester groups is 1. The van der Waals surface area contributed by atoms with Crippen molar-refractivity contribution in [3.8, 4) is 0 Å². The molecule has 0 aliphatic heterocycles. The number of esters is 3. The number of aliphatic hydroxyl groups is 1. The van der Waals surface area contributed by atoms with Gasteiger partial charge in [-0.05, 0) is 96.3 Å². The smallest absolute Gasteiger partial charge is 0.462 e. The summed E-state index contributed by atoms with van der Waals surface area (Å²) in [5.74, 6) is -1.63. The Morgan fingerprint density at radius 2 is 0.750 bits per heavy atom. The van der Waals surface area contributed by atoms with Crippen LogP contribution in [-0.4, -0.2) is 66.5 Å². The van der Waals surface area contributed by atoms with Gasteiger partial charge in [0.25, 0.3) is 0 Å². The van der Waals surface area contributed by atoms with Gasteiger partial charge in [-0.15, -0.1) is 0 Å². The second kappa shape index (κ2) is 53.2. The number of hydrogen-bond donors (Lipinski definition) is 2. The highest BCUT2D eigenvalue weighted by atomic mass is 31.2. The fourth-order valence-corrected chi connectivity index (χ4v) is 7.57. The van der Waals surface area contributed by atoms with E-state index in [4.69, 9.17) is 23.3 Å². The SMILES string of the molecule is CC/C=C\C/C=C\C/C=C\C/C=C\C/C=C\C/C=C\CCC(=O)OC(COC(=O)CCCC/C=C\C/C=C\C/C=C\C/C=C\CC)COP(=O)(O)OCC(CO)OC(=O)CCCCCCCCCCCCC. The molecule has 0 bridgehead atoms. The zero-order valence-electron chi connectivity index (χ0n) is 44.8. The minimum Gasteiger partial charge on any atom is -0.462 e. The summed E-state index contributed by atoms with van der Waals surface area (Å²) in [6, 6.07) is 0. The van der Waals surface area contributed by atoms with Crippen LogP contribution < -0.4 is 0 Å². The quantitative estimate of drug-likeness (QED) is 0.0197. The van der Waals surface area contributed by atoms with Gasteiger partial charge < -0.3 is 24.2 Å². The molecule has 11 nitrogen and oxygen atoms in total. The molecule has 0 radical (unpaired) electrons. The molecule has 0 heterocycles. The average molecular weight is 1030 g/mol. The molecule has 2 N–H and O–H groups in total. The molecular weight excluding hydrogens is 928 g/mol. The minimum atomic E-state index is -4.78. The van der Waals surface area contributed by atoms with E-state index < -0.39 is 64.4 Å². The van der Waals surface area contributed by atoms with Crippen molar-refractivity contribution in [1.82, 2.24) is 0 Å². The Morgan fingerprint density at radius 3 is 1.19 bits per heavy atom. The topological polar surface area (TPSA) is 155 Å². The Kier molecular flexibility index (Phi) is 50.1. The van der Waals surface area contributed by atoms with Crippen LogP contribution in [0, 0.1) is 0 Å². The maximum atomic E-state index is 12.9. The van der Waals surface area contributed by atoms with Crippen molar-refractivity contribution in [3.63, 3.8) is 0 Å². The molecule has 12 heteroatoms. The number of ether oxygens (including phenoxy) is 3. The van der Waals surface area contributed by atoms with E-state index in [0.717, 1.165) is 89.9 Å². The number of carbonyl (C=O) groups is 3.